The molecule has 0 saturated heterocycles. The number of imidazole rings is 1. The lowest BCUT2D eigenvalue weighted by Crippen LogP contribution is -2.17. The van der Waals surface area contributed by atoms with E-state index in [2.05, 4.69) is 49.7 Å². The molecule has 0 fully saturated rings. The van der Waals surface area contributed by atoms with E-state index in [0.29, 0.717) is 0 Å². The van der Waals surface area contributed by atoms with E-state index in [1.807, 2.05) is 0 Å². The number of hydrogen-bond acceptors (Lipinski definition) is 1. The molecule has 1 aliphatic heterocycles. The highest BCUT2D eigenvalue weighted by Crippen LogP contribution is 2.27. The molecule has 94 valence electrons. The maximum absolute atomic E-state index is 4.82. The Morgan fingerprint density at radius 1 is 1.28 bits per heavy atom. The monoisotopic (exact) mass is 240 g/mol. The number of hydrogen-bond donors (Lipinski definition) is 0. The van der Waals surface area contributed by atoms with E-state index in [4.69, 9.17) is 4.98 Å². The number of fused-ring (bicyclic) bond motifs is 1. The van der Waals surface area contributed by atoms with Crippen LogP contribution in [-0.4, -0.2) is 9.55 Å². The molecular formula is C16H20N2. The Bertz CT molecular complexity index is 581. The molecule has 2 heterocycles. The maximum atomic E-state index is 4.82. The summed E-state index contributed by atoms with van der Waals surface area (Å²) in [5.41, 5.74) is 5.03. The van der Waals surface area contributed by atoms with Crippen molar-refractivity contribution >= 4 is 0 Å². The molecule has 0 bridgehead atoms. The van der Waals surface area contributed by atoms with Crippen LogP contribution in [-0.2, 0) is 13.0 Å². The summed E-state index contributed by atoms with van der Waals surface area (Å²) in [5.74, 6) is 2.03. The molecule has 0 N–H and O–H groups in total. The number of rotatable bonds is 1. The lowest BCUT2D eigenvalue weighted by Gasteiger charge is -2.19. The molecule has 0 amide bonds. The van der Waals surface area contributed by atoms with Gasteiger partial charge in [0.25, 0.3) is 0 Å². The normalized spacial score (nSPS) is 18.7. The van der Waals surface area contributed by atoms with Crippen molar-refractivity contribution in [3.63, 3.8) is 0 Å². The second-order valence-corrected chi connectivity index (χ2v) is 5.66. The summed E-state index contributed by atoms with van der Waals surface area (Å²) in [6.07, 6.45) is 4.61. The summed E-state index contributed by atoms with van der Waals surface area (Å²) < 4.78 is 2.34. The highest BCUT2D eigenvalue weighted by Gasteiger charge is 2.18. The second-order valence-electron chi connectivity index (χ2n) is 5.66. The predicted octanol–water partition coefficient (Wildman–Crippen LogP) is 3.75. The molecule has 2 aromatic rings. The van der Waals surface area contributed by atoms with Crippen LogP contribution in [0.1, 0.15) is 30.3 Å². The van der Waals surface area contributed by atoms with Crippen LogP contribution < -0.4 is 0 Å². The predicted molar refractivity (Wildman–Crippen MR) is 74.6 cm³/mol. The topological polar surface area (TPSA) is 17.8 Å². The SMILES string of the molecule is Cc1ccc(C)c(-c2cn3c(n2)CCC(C)C3)c1. The van der Waals surface area contributed by atoms with Gasteiger partial charge in [0.05, 0.1) is 5.69 Å². The van der Waals surface area contributed by atoms with E-state index in [1.165, 1.54) is 28.9 Å². The summed E-state index contributed by atoms with van der Waals surface area (Å²) in [6.45, 7) is 7.74. The zero-order valence-electron chi connectivity index (χ0n) is 11.4. The van der Waals surface area contributed by atoms with Gasteiger partial charge in [0.2, 0.25) is 0 Å². The van der Waals surface area contributed by atoms with Crippen LogP contribution in [0.3, 0.4) is 0 Å². The van der Waals surface area contributed by atoms with Crippen molar-refractivity contribution < 1.29 is 0 Å². The Morgan fingerprint density at radius 3 is 2.94 bits per heavy atom. The lowest BCUT2D eigenvalue weighted by atomic mass is 10.0. The molecule has 2 nitrogen and oxygen atoms in total. The van der Waals surface area contributed by atoms with E-state index in [1.54, 1.807) is 0 Å². The van der Waals surface area contributed by atoms with Crippen molar-refractivity contribution in [3.05, 3.63) is 41.3 Å². The van der Waals surface area contributed by atoms with Gasteiger partial charge in [-0.3, -0.25) is 0 Å². The smallest absolute Gasteiger partial charge is 0.109 e. The first kappa shape index (κ1) is 11.5. The van der Waals surface area contributed by atoms with Crippen molar-refractivity contribution in [2.24, 2.45) is 5.92 Å². The Balaban J connectivity index is 2.05. The molecule has 1 aliphatic rings. The Morgan fingerprint density at radius 2 is 2.11 bits per heavy atom. The molecule has 1 atom stereocenters. The van der Waals surface area contributed by atoms with Crippen LogP contribution in [0.4, 0.5) is 0 Å². The fourth-order valence-corrected chi connectivity index (χ4v) is 2.76. The molecule has 0 aliphatic carbocycles. The summed E-state index contributed by atoms with van der Waals surface area (Å²) in [4.78, 5) is 4.82. The van der Waals surface area contributed by atoms with Gasteiger partial charge in [0.15, 0.2) is 0 Å². The van der Waals surface area contributed by atoms with E-state index in [-0.39, 0.29) is 0 Å². The molecule has 1 aromatic heterocycles. The molecule has 2 heteroatoms. The standard InChI is InChI=1S/C16H20N2/c1-11-4-6-13(3)14(8-11)15-10-18-9-12(2)5-7-16(18)17-15/h4,6,8,10,12H,5,7,9H2,1-3H3. The quantitative estimate of drug-likeness (QED) is 0.742. The summed E-state index contributed by atoms with van der Waals surface area (Å²) in [6, 6.07) is 6.59. The second kappa shape index (κ2) is 4.27. The van der Waals surface area contributed by atoms with Gasteiger partial charge in [-0.2, -0.15) is 0 Å². The summed E-state index contributed by atoms with van der Waals surface area (Å²) in [7, 11) is 0. The number of aryl methyl sites for hydroxylation is 3. The van der Waals surface area contributed by atoms with Crippen LogP contribution in [0.2, 0.25) is 0 Å². The molecule has 1 aromatic carbocycles. The average Bonchev–Trinajstić information content (AvgIpc) is 2.74. The Hall–Kier alpha value is -1.57. The number of aromatic nitrogens is 2. The van der Waals surface area contributed by atoms with Gasteiger partial charge in [0, 0.05) is 24.7 Å². The zero-order valence-corrected chi connectivity index (χ0v) is 11.4. The molecule has 0 saturated carbocycles. The number of benzene rings is 1. The lowest BCUT2D eigenvalue weighted by molar-refractivity contribution is 0.394. The van der Waals surface area contributed by atoms with Gasteiger partial charge < -0.3 is 4.57 Å². The van der Waals surface area contributed by atoms with Gasteiger partial charge in [-0.25, -0.2) is 4.98 Å². The maximum Gasteiger partial charge on any atom is 0.109 e. The summed E-state index contributed by atoms with van der Waals surface area (Å²) in [5, 5.41) is 0. The third-order valence-electron chi connectivity index (χ3n) is 3.90. The van der Waals surface area contributed by atoms with E-state index >= 15 is 0 Å². The minimum atomic E-state index is 0.776. The minimum Gasteiger partial charge on any atom is -0.334 e. The molecule has 1 unspecified atom stereocenters. The van der Waals surface area contributed by atoms with Crippen LogP contribution >= 0.6 is 0 Å². The van der Waals surface area contributed by atoms with E-state index in [9.17, 15) is 0 Å². The van der Waals surface area contributed by atoms with Crippen LogP contribution in [0, 0.1) is 19.8 Å². The first-order valence-corrected chi connectivity index (χ1v) is 6.77. The first-order chi connectivity index (χ1) is 8.63. The highest BCUT2D eigenvalue weighted by molar-refractivity contribution is 5.64. The third-order valence-corrected chi connectivity index (χ3v) is 3.90. The Kier molecular flexibility index (Phi) is 2.73. The van der Waals surface area contributed by atoms with E-state index < -0.39 is 0 Å². The zero-order chi connectivity index (χ0) is 12.7. The minimum absolute atomic E-state index is 0.776. The van der Waals surface area contributed by atoms with Crippen LogP contribution in [0.15, 0.2) is 24.4 Å². The van der Waals surface area contributed by atoms with Crippen molar-refractivity contribution in [2.75, 3.05) is 0 Å². The van der Waals surface area contributed by atoms with Crippen molar-refractivity contribution in [3.8, 4) is 11.3 Å². The molecule has 18 heavy (non-hydrogen) atoms. The molecule has 0 spiro atoms. The highest BCUT2D eigenvalue weighted by atomic mass is 15.1. The molecular weight excluding hydrogens is 220 g/mol. The summed E-state index contributed by atoms with van der Waals surface area (Å²) >= 11 is 0. The van der Waals surface area contributed by atoms with Crippen LogP contribution in [0.25, 0.3) is 11.3 Å². The Labute approximate surface area is 109 Å². The molecule has 3 rings (SSSR count). The third kappa shape index (κ3) is 1.96. The van der Waals surface area contributed by atoms with Crippen molar-refractivity contribution in [1.29, 1.82) is 0 Å². The van der Waals surface area contributed by atoms with Gasteiger partial charge in [-0.1, -0.05) is 24.6 Å². The van der Waals surface area contributed by atoms with E-state index in [0.717, 1.165) is 24.6 Å². The van der Waals surface area contributed by atoms with Gasteiger partial charge in [-0.05, 0) is 37.8 Å². The van der Waals surface area contributed by atoms with Gasteiger partial charge in [0.1, 0.15) is 5.82 Å². The van der Waals surface area contributed by atoms with Gasteiger partial charge >= 0.3 is 0 Å². The average molecular weight is 240 g/mol. The first-order valence-electron chi connectivity index (χ1n) is 6.77. The van der Waals surface area contributed by atoms with Gasteiger partial charge in [-0.15, -0.1) is 0 Å². The fourth-order valence-electron chi connectivity index (χ4n) is 2.76. The largest absolute Gasteiger partial charge is 0.334 e. The van der Waals surface area contributed by atoms with Crippen molar-refractivity contribution in [1.82, 2.24) is 9.55 Å². The number of nitrogens with zero attached hydrogens (tertiary/aromatic N) is 2. The van der Waals surface area contributed by atoms with Crippen molar-refractivity contribution in [2.45, 2.75) is 40.2 Å². The molecule has 0 radical (unpaired) electrons. The van der Waals surface area contributed by atoms with Crippen LogP contribution in [0.5, 0.6) is 0 Å². The fraction of sp³-hybridized carbons (Fsp3) is 0.438.